The molecule has 0 fully saturated rings. The lowest BCUT2D eigenvalue weighted by atomic mass is 10.3. The van der Waals surface area contributed by atoms with Gasteiger partial charge in [-0.1, -0.05) is 0 Å². The Bertz CT molecular complexity index is 328. The summed E-state index contributed by atoms with van der Waals surface area (Å²) in [6, 6.07) is 0. The highest BCUT2D eigenvalue weighted by Crippen LogP contribution is 2.04. The van der Waals surface area contributed by atoms with Gasteiger partial charge in [-0.3, -0.25) is 4.79 Å². The average molecular weight is 244 g/mol. The third-order valence-corrected chi connectivity index (χ3v) is 3.00. The number of carbonyl (C=O) groups excluding carboxylic acids is 1. The van der Waals surface area contributed by atoms with Gasteiger partial charge in [0.1, 0.15) is 0 Å². The van der Waals surface area contributed by atoms with Crippen molar-refractivity contribution in [1.82, 2.24) is 10.3 Å². The molecule has 1 aromatic heterocycles. The maximum absolute atomic E-state index is 11.5. The smallest absolute Gasteiger partial charge is 0.289 e. The highest BCUT2D eigenvalue weighted by atomic mass is 32.2. The van der Waals surface area contributed by atoms with E-state index in [1.807, 2.05) is 0 Å². The first-order valence-electron chi connectivity index (χ1n) is 5.12. The highest BCUT2D eigenvalue weighted by Gasteiger charge is 2.12. The second kappa shape index (κ2) is 7.29. The van der Waals surface area contributed by atoms with E-state index in [0.717, 1.165) is 17.9 Å². The molecule has 1 rings (SSSR count). The minimum atomic E-state index is -0.224. The summed E-state index contributed by atoms with van der Waals surface area (Å²) < 4.78 is 4.96. The summed E-state index contributed by atoms with van der Waals surface area (Å²) in [7, 11) is 0. The van der Waals surface area contributed by atoms with Gasteiger partial charge in [-0.2, -0.15) is 11.8 Å². The number of aryl methyl sites for hydroxylation is 1. The van der Waals surface area contributed by atoms with Gasteiger partial charge in [0, 0.05) is 18.9 Å². The number of nitrogens with one attached hydrogen (secondary N) is 1. The predicted molar refractivity (Wildman–Crippen MR) is 62.6 cm³/mol. The SMILES string of the molecule is Cc1ncoc1C(=O)NCCSCCCO. The number of hydrogen-bond donors (Lipinski definition) is 2. The van der Waals surface area contributed by atoms with Gasteiger partial charge in [0.15, 0.2) is 6.39 Å². The number of aliphatic hydroxyl groups is 1. The fourth-order valence-corrected chi connectivity index (χ4v) is 1.89. The molecule has 2 N–H and O–H groups in total. The van der Waals surface area contributed by atoms with E-state index in [9.17, 15) is 4.79 Å². The summed E-state index contributed by atoms with van der Waals surface area (Å²) in [5.41, 5.74) is 0.602. The Balaban J connectivity index is 2.14. The van der Waals surface area contributed by atoms with Crippen molar-refractivity contribution in [2.45, 2.75) is 13.3 Å². The molecule has 0 bridgehead atoms. The summed E-state index contributed by atoms with van der Waals surface area (Å²) in [5.74, 6) is 1.80. The van der Waals surface area contributed by atoms with E-state index < -0.39 is 0 Å². The number of thioether (sulfide) groups is 1. The molecule has 0 saturated carbocycles. The van der Waals surface area contributed by atoms with Gasteiger partial charge in [-0.15, -0.1) is 0 Å². The van der Waals surface area contributed by atoms with E-state index >= 15 is 0 Å². The van der Waals surface area contributed by atoms with E-state index in [-0.39, 0.29) is 18.3 Å². The van der Waals surface area contributed by atoms with E-state index in [1.165, 1.54) is 6.39 Å². The van der Waals surface area contributed by atoms with Crippen LogP contribution in [0.2, 0.25) is 0 Å². The summed E-state index contributed by atoms with van der Waals surface area (Å²) >= 11 is 1.70. The number of rotatable bonds is 7. The Morgan fingerprint density at radius 1 is 1.62 bits per heavy atom. The van der Waals surface area contributed by atoms with Gasteiger partial charge in [0.2, 0.25) is 5.76 Å². The van der Waals surface area contributed by atoms with Crippen LogP contribution in [-0.2, 0) is 0 Å². The standard InChI is InChI=1S/C10H16N2O3S/c1-8-9(15-7-12-8)10(14)11-3-6-16-5-2-4-13/h7,13H,2-6H2,1H3,(H,11,14). The average Bonchev–Trinajstić information content (AvgIpc) is 2.69. The largest absolute Gasteiger partial charge is 0.438 e. The molecule has 0 radical (unpaired) electrons. The van der Waals surface area contributed by atoms with Crippen LogP contribution < -0.4 is 5.32 Å². The summed E-state index contributed by atoms with van der Waals surface area (Å²) in [6.45, 7) is 2.54. The Hall–Kier alpha value is -1.01. The zero-order chi connectivity index (χ0) is 11.8. The van der Waals surface area contributed by atoms with E-state index in [1.54, 1.807) is 18.7 Å². The topological polar surface area (TPSA) is 75.4 Å². The molecule has 0 spiro atoms. The van der Waals surface area contributed by atoms with Crippen molar-refractivity contribution >= 4 is 17.7 Å². The maximum Gasteiger partial charge on any atom is 0.289 e. The molecule has 1 heterocycles. The highest BCUT2D eigenvalue weighted by molar-refractivity contribution is 7.99. The Kier molecular flexibility index (Phi) is 5.95. The fourth-order valence-electron chi connectivity index (χ4n) is 1.11. The van der Waals surface area contributed by atoms with Crippen LogP contribution in [0.15, 0.2) is 10.8 Å². The van der Waals surface area contributed by atoms with E-state index in [0.29, 0.717) is 12.2 Å². The summed E-state index contributed by atoms with van der Waals surface area (Å²) in [4.78, 5) is 15.4. The molecule has 0 aliphatic carbocycles. The van der Waals surface area contributed by atoms with Gasteiger partial charge in [0.05, 0.1) is 5.69 Å². The van der Waals surface area contributed by atoms with Crippen molar-refractivity contribution in [1.29, 1.82) is 0 Å². The summed E-state index contributed by atoms with van der Waals surface area (Å²) in [6.07, 6.45) is 2.06. The van der Waals surface area contributed by atoms with Gasteiger partial charge < -0.3 is 14.8 Å². The number of aliphatic hydroxyl groups excluding tert-OH is 1. The number of amides is 1. The number of aromatic nitrogens is 1. The zero-order valence-electron chi connectivity index (χ0n) is 9.23. The molecule has 1 amide bonds. The van der Waals surface area contributed by atoms with Crippen molar-refractivity contribution < 1.29 is 14.3 Å². The minimum Gasteiger partial charge on any atom is -0.438 e. The van der Waals surface area contributed by atoms with E-state index in [4.69, 9.17) is 9.52 Å². The third kappa shape index (κ3) is 4.24. The Morgan fingerprint density at radius 3 is 3.06 bits per heavy atom. The lowest BCUT2D eigenvalue weighted by Gasteiger charge is -2.03. The molecule has 5 nitrogen and oxygen atoms in total. The molecule has 1 aromatic rings. The Morgan fingerprint density at radius 2 is 2.44 bits per heavy atom. The van der Waals surface area contributed by atoms with Crippen LogP contribution in [0.5, 0.6) is 0 Å². The normalized spacial score (nSPS) is 10.4. The number of oxazole rings is 1. The summed E-state index contributed by atoms with van der Waals surface area (Å²) in [5, 5.41) is 11.3. The molecule has 0 saturated heterocycles. The van der Waals surface area contributed by atoms with Crippen LogP contribution in [0.3, 0.4) is 0 Å². The van der Waals surface area contributed by atoms with Crippen LogP contribution in [0.1, 0.15) is 22.7 Å². The third-order valence-electron chi connectivity index (χ3n) is 1.93. The van der Waals surface area contributed by atoms with Crippen molar-refractivity contribution in [2.24, 2.45) is 0 Å². The second-order valence-corrected chi connectivity index (χ2v) is 4.44. The molecule has 0 unspecified atom stereocenters. The van der Waals surface area contributed by atoms with Crippen LogP contribution in [0, 0.1) is 6.92 Å². The minimum absolute atomic E-state index is 0.219. The monoisotopic (exact) mass is 244 g/mol. The lowest BCUT2D eigenvalue weighted by Crippen LogP contribution is -2.26. The van der Waals surface area contributed by atoms with Crippen LogP contribution in [0.25, 0.3) is 0 Å². The molecule has 0 aliphatic rings. The molecule has 16 heavy (non-hydrogen) atoms. The van der Waals surface area contributed by atoms with Crippen LogP contribution in [0.4, 0.5) is 0 Å². The quantitative estimate of drug-likeness (QED) is 0.695. The van der Waals surface area contributed by atoms with Gasteiger partial charge in [-0.05, 0) is 19.1 Å². The predicted octanol–water partition coefficient (Wildman–Crippen LogP) is 0.828. The lowest BCUT2D eigenvalue weighted by molar-refractivity contribution is 0.0927. The second-order valence-electron chi connectivity index (χ2n) is 3.21. The van der Waals surface area contributed by atoms with Gasteiger partial charge in [0.25, 0.3) is 5.91 Å². The van der Waals surface area contributed by atoms with E-state index in [2.05, 4.69) is 10.3 Å². The molecule has 90 valence electrons. The number of carbonyl (C=O) groups is 1. The first-order chi connectivity index (χ1) is 7.75. The molecule has 6 heteroatoms. The molecule has 0 aliphatic heterocycles. The van der Waals surface area contributed by atoms with Gasteiger partial charge >= 0.3 is 0 Å². The molecular weight excluding hydrogens is 228 g/mol. The van der Waals surface area contributed by atoms with Gasteiger partial charge in [-0.25, -0.2) is 4.98 Å². The molecular formula is C10H16N2O3S. The van der Waals surface area contributed by atoms with Crippen LogP contribution in [-0.4, -0.2) is 40.7 Å². The zero-order valence-corrected chi connectivity index (χ0v) is 10.0. The first-order valence-corrected chi connectivity index (χ1v) is 6.28. The molecule has 0 aromatic carbocycles. The van der Waals surface area contributed by atoms with Crippen LogP contribution >= 0.6 is 11.8 Å². The first kappa shape index (κ1) is 13.1. The van der Waals surface area contributed by atoms with Crippen molar-refractivity contribution in [3.8, 4) is 0 Å². The van der Waals surface area contributed by atoms with Crippen molar-refractivity contribution in [2.75, 3.05) is 24.7 Å². The Labute approximate surface area is 98.6 Å². The number of hydrogen-bond acceptors (Lipinski definition) is 5. The maximum atomic E-state index is 11.5. The fraction of sp³-hybridized carbons (Fsp3) is 0.600. The molecule has 0 atom stereocenters. The van der Waals surface area contributed by atoms with Crippen molar-refractivity contribution in [3.63, 3.8) is 0 Å². The van der Waals surface area contributed by atoms with Crippen molar-refractivity contribution in [3.05, 3.63) is 17.8 Å². The number of nitrogens with zero attached hydrogens (tertiary/aromatic N) is 1.